The normalized spacial score (nSPS) is 11.0. The molecule has 0 radical (unpaired) electrons. The van der Waals surface area contributed by atoms with Crippen molar-refractivity contribution in [3.05, 3.63) is 73.8 Å². The first-order valence-electron chi connectivity index (χ1n) is 7.90. The lowest BCUT2D eigenvalue weighted by Crippen LogP contribution is -2.37. The van der Waals surface area contributed by atoms with Crippen LogP contribution in [0, 0.1) is 0 Å². The van der Waals surface area contributed by atoms with Crippen LogP contribution in [0.2, 0.25) is 0 Å². The summed E-state index contributed by atoms with van der Waals surface area (Å²) in [5.41, 5.74) is 1.43. The van der Waals surface area contributed by atoms with Crippen molar-refractivity contribution in [1.29, 1.82) is 0 Å². The van der Waals surface area contributed by atoms with Gasteiger partial charge in [0.1, 0.15) is 10.6 Å². The third-order valence-electron chi connectivity index (χ3n) is 4.03. The highest BCUT2D eigenvalue weighted by Gasteiger charge is 2.15. The molecule has 0 saturated heterocycles. The molecule has 0 spiro atoms. The number of hydrogen-bond donors (Lipinski definition) is 0. The number of thiophene rings is 1. The number of ether oxygens (including phenoxy) is 1. The maximum atomic E-state index is 12.5. The second kappa shape index (κ2) is 6.72. The molecule has 0 saturated carbocycles. The molecule has 0 N–H and O–H groups in total. The summed E-state index contributed by atoms with van der Waals surface area (Å²) < 4.78 is 7.96. The number of hydrogen-bond acceptors (Lipinski definition) is 4. The summed E-state index contributed by atoms with van der Waals surface area (Å²) in [5.74, 6) is 0.809. The van der Waals surface area contributed by atoms with Gasteiger partial charge < -0.3 is 4.74 Å². The summed E-state index contributed by atoms with van der Waals surface area (Å²) >= 11 is 1.48. The Balaban J connectivity index is 2.09. The van der Waals surface area contributed by atoms with E-state index in [-0.39, 0.29) is 11.2 Å². The Labute approximate surface area is 149 Å². The van der Waals surface area contributed by atoms with E-state index in [1.807, 2.05) is 37.3 Å². The summed E-state index contributed by atoms with van der Waals surface area (Å²) in [5, 5.41) is 0.580. The molecule has 130 valence electrons. The molecule has 0 bridgehead atoms. The third kappa shape index (κ3) is 3.30. The molecule has 5 nitrogen and oxygen atoms in total. The zero-order valence-corrected chi connectivity index (χ0v) is 15.4. The van der Waals surface area contributed by atoms with Crippen molar-refractivity contribution in [3.8, 4) is 5.75 Å². The number of allylic oxidation sites excluding steroid dienone is 1. The van der Waals surface area contributed by atoms with Crippen LogP contribution in [0.25, 0.3) is 10.2 Å². The van der Waals surface area contributed by atoms with Crippen LogP contribution in [0.15, 0.2) is 52.1 Å². The number of fused-ring (bicyclic) bond motifs is 1. The van der Waals surface area contributed by atoms with Gasteiger partial charge in [0.2, 0.25) is 0 Å². The highest BCUT2D eigenvalue weighted by Crippen LogP contribution is 2.25. The van der Waals surface area contributed by atoms with Gasteiger partial charge in [-0.15, -0.1) is 11.3 Å². The van der Waals surface area contributed by atoms with Gasteiger partial charge in [-0.05, 0) is 30.7 Å². The average Bonchev–Trinajstić information content (AvgIpc) is 3.01. The molecule has 6 heteroatoms. The number of aromatic nitrogens is 2. The summed E-state index contributed by atoms with van der Waals surface area (Å²) in [6.45, 7) is 6.17. The van der Waals surface area contributed by atoms with Crippen molar-refractivity contribution >= 4 is 21.6 Å². The fraction of sp³-hybridized carbons (Fsp3) is 0.263. The third-order valence-corrected chi connectivity index (χ3v) is 5.18. The van der Waals surface area contributed by atoms with Gasteiger partial charge in [0.05, 0.1) is 12.5 Å². The first-order valence-corrected chi connectivity index (χ1v) is 8.72. The lowest BCUT2D eigenvalue weighted by atomic mass is 10.1. The van der Waals surface area contributed by atoms with Gasteiger partial charge >= 0.3 is 5.69 Å². The van der Waals surface area contributed by atoms with E-state index >= 15 is 0 Å². The molecule has 0 fully saturated rings. The quantitative estimate of drug-likeness (QED) is 0.661. The van der Waals surface area contributed by atoms with Gasteiger partial charge in [0.25, 0.3) is 5.56 Å². The zero-order chi connectivity index (χ0) is 18.1. The molecule has 1 aromatic carbocycles. The van der Waals surface area contributed by atoms with E-state index in [9.17, 15) is 9.59 Å². The largest absolute Gasteiger partial charge is 0.497 e. The standard InChI is InChI=1S/C19H20N2O3S/c1-12(2)11-21-18-16(17(22)20(3)19(21)23)10-15(25-18)9-13-5-7-14(24-4)8-6-13/h5-8,10H,1,9,11H2,2-4H3. The smallest absolute Gasteiger partial charge is 0.332 e. The van der Waals surface area contributed by atoms with E-state index < -0.39 is 0 Å². The van der Waals surface area contributed by atoms with Gasteiger partial charge in [-0.25, -0.2) is 4.79 Å². The Morgan fingerprint density at radius 2 is 1.92 bits per heavy atom. The second-order valence-corrected chi connectivity index (χ2v) is 7.26. The Morgan fingerprint density at radius 1 is 1.24 bits per heavy atom. The van der Waals surface area contributed by atoms with Crippen LogP contribution in [-0.4, -0.2) is 16.2 Å². The van der Waals surface area contributed by atoms with E-state index in [2.05, 4.69) is 6.58 Å². The number of rotatable bonds is 5. The molecule has 0 unspecified atom stereocenters. The van der Waals surface area contributed by atoms with Crippen LogP contribution < -0.4 is 16.0 Å². The van der Waals surface area contributed by atoms with Gasteiger partial charge in [-0.2, -0.15) is 0 Å². The van der Waals surface area contributed by atoms with Crippen molar-refractivity contribution in [2.75, 3.05) is 7.11 Å². The van der Waals surface area contributed by atoms with Gasteiger partial charge in [-0.1, -0.05) is 24.3 Å². The van der Waals surface area contributed by atoms with E-state index in [4.69, 9.17) is 4.74 Å². The minimum Gasteiger partial charge on any atom is -0.497 e. The van der Waals surface area contributed by atoms with Gasteiger partial charge in [0.15, 0.2) is 0 Å². The van der Waals surface area contributed by atoms with Crippen LogP contribution in [-0.2, 0) is 20.0 Å². The highest BCUT2D eigenvalue weighted by atomic mass is 32.1. The van der Waals surface area contributed by atoms with Crippen LogP contribution in [0.5, 0.6) is 5.75 Å². The minimum atomic E-state index is -0.307. The van der Waals surface area contributed by atoms with Crippen molar-refractivity contribution in [2.45, 2.75) is 19.9 Å². The van der Waals surface area contributed by atoms with E-state index in [1.165, 1.54) is 18.4 Å². The second-order valence-electron chi connectivity index (χ2n) is 6.15. The van der Waals surface area contributed by atoms with E-state index in [0.29, 0.717) is 23.2 Å². The first kappa shape index (κ1) is 17.2. The molecule has 0 amide bonds. The molecular weight excluding hydrogens is 336 g/mol. The molecule has 3 aromatic rings. The predicted molar refractivity (Wildman–Crippen MR) is 102 cm³/mol. The zero-order valence-electron chi connectivity index (χ0n) is 14.5. The molecule has 0 aliphatic rings. The summed E-state index contributed by atoms with van der Waals surface area (Å²) in [7, 11) is 3.15. The van der Waals surface area contributed by atoms with Crippen molar-refractivity contribution in [1.82, 2.24) is 9.13 Å². The molecule has 0 aliphatic heterocycles. The van der Waals surface area contributed by atoms with Gasteiger partial charge in [0, 0.05) is 24.9 Å². The molecule has 3 rings (SSSR count). The lowest BCUT2D eigenvalue weighted by Gasteiger charge is -2.08. The molecule has 0 atom stereocenters. The van der Waals surface area contributed by atoms with E-state index in [0.717, 1.165) is 26.3 Å². The lowest BCUT2D eigenvalue weighted by molar-refractivity contribution is 0.414. The maximum Gasteiger partial charge on any atom is 0.332 e. The number of methoxy groups -OCH3 is 1. The van der Waals surface area contributed by atoms with Crippen molar-refractivity contribution in [3.63, 3.8) is 0 Å². The summed E-state index contributed by atoms with van der Waals surface area (Å²) in [6, 6.07) is 9.73. The van der Waals surface area contributed by atoms with Crippen LogP contribution >= 0.6 is 11.3 Å². The Hall–Kier alpha value is -2.60. The fourth-order valence-electron chi connectivity index (χ4n) is 2.76. The van der Waals surface area contributed by atoms with Crippen LogP contribution in [0.1, 0.15) is 17.4 Å². The number of nitrogens with zero attached hydrogens (tertiary/aromatic N) is 2. The first-order chi connectivity index (χ1) is 11.9. The summed E-state index contributed by atoms with van der Waals surface area (Å²) in [6.07, 6.45) is 0.702. The summed E-state index contributed by atoms with van der Waals surface area (Å²) in [4.78, 5) is 26.7. The fourth-order valence-corrected chi connectivity index (χ4v) is 3.93. The van der Waals surface area contributed by atoms with Gasteiger partial charge in [-0.3, -0.25) is 13.9 Å². The van der Waals surface area contributed by atoms with Crippen LogP contribution in [0.3, 0.4) is 0 Å². The maximum absolute atomic E-state index is 12.5. The average molecular weight is 356 g/mol. The molecule has 2 heterocycles. The highest BCUT2D eigenvalue weighted by molar-refractivity contribution is 7.18. The minimum absolute atomic E-state index is 0.254. The Kier molecular flexibility index (Phi) is 4.63. The molecule has 25 heavy (non-hydrogen) atoms. The number of benzene rings is 1. The molecule has 0 aliphatic carbocycles. The van der Waals surface area contributed by atoms with Crippen molar-refractivity contribution in [2.24, 2.45) is 7.05 Å². The van der Waals surface area contributed by atoms with Crippen molar-refractivity contribution < 1.29 is 4.74 Å². The topological polar surface area (TPSA) is 53.2 Å². The monoisotopic (exact) mass is 356 g/mol. The SMILES string of the molecule is C=C(C)Cn1c(=O)n(C)c(=O)c2cc(Cc3ccc(OC)cc3)sc21. The Bertz CT molecular complexity index is 1060. The Morgan fingerprint density at radius 3 is 2.52 bits per heavy atom. The van der Waals surface area contributed by atoms with E-state index in [1.54, 1.807) is 11.7 Å². The molecule has 2 aromatic heterocycles. The predicted octanol–water partition coefficient (Wildman–Crippen LogP) is 2.94. The van der Waals surface area contributed by atoms with Crippen LogP contribution in [0.4, 0.5) is 0 Å². The molecular formula is C19H20N2O3S.